The summed E-state index contributed by atoms with van der Waals surface area (Å²) in [6.07, 6.45) is 6.95. The van der Waals surface area contributed by atoms with Gasteiger partial charge in [0, 0.05) is 18.6 Å². The number of aliphatic hydroxyl groups is 1. The first kappa shape index (κ1) is 24.0. The lowest BCUT2D eigenvalue weighted by molar-refractivity contribution is 0.0170. The average Bonchev–Trinajstić information content (AvgIpc) is 3.10. The molecule has 1 aliphatic carbocycles. The molecule has 1 saturated carbocycles. The molecular formula is C19H34N5O6P. The van der Waals surface area contributed by atoms with E-state index in [1.54, 1.807) is 0 Å². The number of hydrogen-bond donors (Lipinski definition) is 5. The molecule has 1 unspecified atom stereocenters. The van der Waals surface area contributed by atoms with Gasteiger partial charge in [0.2, 0.25) is 5.95 Å². The second-order valence-corrected chi connectivity index (χ2v) is 9.68. The van der Waals surface area contributed by atoms with Crippen LogP contribution in [-0.4, -0.2) is 52.5 Å². The van der Waals surface area contributed by atoms with Gasteiger partial charge in [0.25, 0.3) is 5.56 Å². The van der Waals surface area contributed by atoms with Crippen molar-refractivity contribution in [1.29, 1.82) is 0 Å². The number of phosphoric ester groups is 1. The van der Waals surface area contributed by atoms with Gasteiger partial charge in [-0.2, -0.15) is 4.98 Å². The Labute approximate surface area is 182 Å². The van der Waals surface area contributed by atoms with Gasteiger partial charge in [-0.3, -0.25) is 18.8 Å². The molecule has 0 saturated heterocycles. The highest BCUT2D eigenvalue weighted by Crippen LogP contribution is 2.48. The third-order valence-corrected chi connectivity index (χ3v) is 7.06. The predicted octanol–water partition coefficient (Wildman–Crippen LogP) is 2.03. The molecule has 4 atom stereocenters. The Hall–Kier alpha value is -1.65. The van der Waals surface area contributed by atoms with Crippen molar-refractivity contribution in [3.63, 3.8) is 0 Å². The maximum atomic E-state index is 12.1. The first-order valence-electron chi connectivity index (χ1n) is 11.0. The number of nitrogens with one attached hydrogen (secondary N) is 2. The third kappa shape index (κ3) is 5.98. The van der Waals surface area contributed by atoms with Crippen LogP contribution in [0.1, 0.15) is 51.9 Å². The van der Waals surface area contributed by atoms with Gasteiger partial charge in [-0.25, -0.2) is 4.57 Å². The average molecular weight is 459 g/mol. The minimum absolute atomic E-state index is 0.0189. The molecule has 12 heteroatoms. The topological polar surface area (TPSA) is 163 Å². The molecule has 1 aromatic rings. The zero-order valence-corrected chi connectivity index (χ0v) is 18.9. The van der Waals surface area contributed by atoms with E-state index in [-0.39, 0.29) is 49.2 Å². The van der Waals surface area contributed by atoms with Crippen LogP contribution in [0.15, 0.2) is 4.79 Å². The number of H-pyrrole nitrogens is 1. The highest BCUT2D eigenvalue weighted by Gasteiger charge is 2.47. The van der Waals surface area contributed by atoms with E-state index in [1.807, 2.05) is 4.90 Å². The van der Waals surface area contributed by atoms with Crippen molar-refractivity contribution in [3.8, 4) is 0 Å². The molecule has 0 bridgehead atoms. The van der Waals surface area contributed by atoms with Crippen LogP contribution in [0.3, 0.4) is 0 Å². The van der Waals surface area contributed by atoms with E-state index in [0.717, 1.165) is 19.3 Å². The number of fused-ring (bicyclic) bond motifs is 1. The molecule has 1 aromatic heterocycles. The summed E-state index contributed by atoms with van der Waals surface area (Å²) in [5, 5.41) is 12.9. The monoisotopic (exact) mass is 459 g/mol. The number of nitrogen functional groups attached to an aromatic ring is 1. The van der Waals surface area contributed by atoms with E-state index in [9.17, 15) is 19.4 Å². The highest BCUT2D eigenvalue weighted by atomic mass is 31.2. The predicted molar refractivity (Wildman–Crippen MR) is 118 cm³/mol. The molecule has 11 nitrogen and oxygen atoms in total. The smallest absolute Gasteiger partial charge is 0.396 e. The summed E-state index contributed by atoms with van der Waals surface area (Å²) < 4.78 is 22.4. The molecule has 0 spiro atoms. The Morgan fingerprint density at radius 3 is 2.74 bits per heavy atom. The fourth-order valence-electron chi connectivity index (χ4n) is 4.25. The molecule has 1 aliphatic heterocycles. The van der Waals surface area contributed by atoms with Gasteiger partial charge < -0.3 is 26.0 Å². The summed E-state index contributed by atoms with van der Waals surface area (Å²) >= 11 is 0. The Bertz CT molecular complexity index is 836. The molecule has 176 valence electrons. The number of aromatic nitrogens is 2. The Kier molecular flexibility index (Phi) is 8.35. The highest BCUT2D eigenvalue weighted by molar-refractivity contribution is 7.47. The zero-order valence-electron chi connectivity index (χ0n) is 18.0. The van der Waals surface area contributed by atoms with Crippen molar-refractivity contribution in [2.24, 2.45) is 11.8 Å². The van der Waals surface area contributed by atoms with Crippen LogP contribution in [0.2, 0.25) is 0 Å². The van der Waals surface area contributed by atoms with Crippen LogP contribution in [0.5, 0.6) is 0 Å². The van der Waals surface area contributed by atoms with E-state index in [4.69, 9.17) is 14.8 Å². The minimum atomic E-state index is -4.12. The maximum absolute atomic E-state index is 12.1. The second-order valence-electron chi connectivity index (χ2n) is 8.23. The zero-order chi connectivity index (χ0) is 22.4. The second kappa shape index (κ2) is 10.8. The number of nitrogens with two attached hydrogens (primary N) is 1. The summed E-state index contributed by atoms with van der Waals surface area (Å²) in [7, 11) is -4.12. The number of nitrogens with zero attached hydrogens (tertiary/aromatic N) is 2. The SMILES string of the molecule is CCCCCCCCOP(=O)(O)OC[C@H]1C[C@@H](N2CNc3c2nc(N)[nH]c3=O)[C@@H]1CO. The fourth-order valence-corrected chi connectivity index (χ4v) is 5.06. The molecular weight excluding hydrogens is 425 g/mol. The van der Waals surface area contributed by atoms with Crippen LogP contribution >= 0.6 is 7.82 Å². The van der Waals surface area contributed by atoms with Gasteiger partial charge in [-0.1, -0.05) is 39.0 Å². The minimum Gasteiger partial charge on any atom is -0.396 e. The van der Waals surface area contributed by atoms with Crippen LogP contribution in [0.25, 0.3) is 0 Å². The Balaban J connectivity index is 1.44. The number of anilines is 3. The quantitative estimate of drug-likeness (QED) is 0.218. The van der Waals surface area contributed by atoms with E-state index in [1.165, 1.54) is 19.3 Å². The summed E-state index contributed by atoms with van der Waals surface area (Å²) in [5.74, 6) is 0.199. The van der Waals surface area contributed by atoms with Gasteiger partial charge in [0.1, 0.15) is 5.69 Å². The van der Waals surface area contributed by atoms with E-state index >= 15 is 0 Å². The molecule has 6 N–H and O–H groups in total. The maximum Gasteiger partial charge on any atom is 0.472 e. The summed E-state index contributed by atoms with van der Waals surface area (Å²) in [6, 6.07) is -0.0804. The summed E-state index contributed by atoms with van der Waals surface area (Å²) in [4.78, 5) is 30.5. The fraction of sp³-hybridized carbons (Fsp3) is 0.789. The molecule has 0 amide bonds. The first-order valence-corrected chi connectivity index (χ1v) is 12.5. The van der Waals surface area contributed by atoms with E-state index in [2.05, 4.69) is 22.2 Å². The van der Waals surface area contributed by atoms with Gasteiger partial charge in [-0.05, 0) is 18.8 Å². The Morgan fingerprint density at radius 1 is 1.26 bits per heavy atom. The molecule has 1 fully saturated rings. The lowest BCUT2D eigenvalue weighted by Crippen LogP contribution is -2.55. The molecule has 31 heavy (non-hydrogen) atoms. The standard InChI is InChI=1S/C19H34N5O6P/c1-2-3-4-5-6-7-8-29-31(27,28)30-11-13-9-15(14(13)10-25)24-12-21-16-17(24)22-19(20)23-18(16)26/h13-15,21,25H,2-12H2,1H3,(H,27,28)(H3,20,22,23,26)/t13-,14-,15-/m1/s1. The molecule has 2 aliphatic rings. The summed E-state index contributed by atoms with van der Waals surface area (Å²) in [6.45, 7) is 2.63. The van der Waals surface area contributed by atoms with Gasteiger partial charge >= 0.3 is 7.82 Å². The molecule has 3 rings (SSSR count). The number of phosphoric acid groups is 1. The molecule has 2 heterocycles. The lowest BCUT2D eigenvalue weighted by atomic mass is 9.69. The number of aromatic amines is 1. The third-order valence-electron chi connectivity index (χ3n) is 6.08. The Morgan fingerprint density at radius 2 is 2.00 bits per heavy atom. The number of aliphatic hydroxyl groups excluding tert-OH is 1. The van der Waals surface area contributed by atoms with Gasteiger partial charge in [-0.15, -0.1) is 0 Å². The van der Waals surface area contributed by atoms with Crippen LogP contribution in [-0.2, 0) is 13.6 Å². The first-order chi connectivity index (χ1) is 14.9. The molecule has 0 radical (unpaired) electrons. The summed E-state index contributed by atoms with van der Waals surface area (Å²) in [5.41, 5.74) is 5.68. The lowest BCUT2D eigenvalue weighted by Gasteiger charge is -2.48. The molecule has 0 aromatic carbocycles. The normalized spacial score (nSPS) is 24.4. The van der Waals surface area contributed by atoms with Crippen molar-refractivity contribution >= 4 is 25.3 Å². The number of rotatable bonds is 13. The van der Waals surface area contributed by atoms with E-state index in [0.29, 0.717) is 24.6 Å². The van der Waals surface area contributed by atoms with Crippen molar-refractivity contribution < 1.29 is 23.6 Å². The number of hydrogen-bond acceptors (Lipinski definition) is 9. The van der Waals surface area contributed by atoms with Crippen molar-refractivity contribution in [2.45, 2.75) is 57.9 Å². The van der Waals surface area contributed by atoms with E-state index < -0.39 is 7.82 Å². The van der Waals surface area contributed by atoms with Gasteiger partial charge in [0.15, 0.2) is 5.82 Å². The van der Waals surface area contributed by atoms with Crippen molar-refractivity contribution in [2.75, 3.05) is 42.4 Å². The number of unbranched alkanes of at least 4 members (excludes halogenated alkanes) is 5. The van der Waals surface area contributed by atoms with Crippen LogP contribution in [0, 0.1) is 11.8 Å². The van der Waals surface area contributed by atoms with Crippen LogP contribution in [0.4, 0.5) is 17.5 Å². The largest absolute Gasteiger partial charge is 0.472 e. The van der Waals surface area contributed by atoms with Crippen molar-refractivity contribution in [3.05, 3.63) is 10.4 Å². The van der Waals surface area contributed by atoms with Crippen LogP contribution < -0.4 is 21.5 Å². The van der Waals surface area contributed by atoms with Gasteiger partial charge in [0.05, 0.1) is 19.9 Å². The van der Waals surface area contributed by atoms with Crippen molar-refractivity contribution in [1.82, 2.24) is 9.97 Å².